The molecule has 0 bridgehead atoms. The maximum Gasteiger partial charge on any atom is 0.306 e. The molecule has 0 aromatic carbocycles. The van der Waals surface area contributed by atoms with Gasteiger partial charge in [0, 0.05) is 6.42 Å². The molecule has 0 aromatic heterocycles. The summed E-state index contributed by atoms with van der Waals surface area (Å²) in [7, 11) is 0. The predicted molar refractivity (Wildman–Crippen MR) is 250 cm³/mol. The van der Waals surface area contributed by atoms with Crippen LogP contribution in [0.25, 0.3) is 0 Å². The maximum absolute atomic E-state index is 13.2. The number of carbonyl (C=O) groups is 2. The molecule has 58 heavy (non-hydrogen) atoms. The van der Waals surface area contributed by atoms with E-state index in [9.17, 15) is 19.8 Å². The maximum atomic E-state index is 13.2. The second-order valence-corrected chi connectivity index (χ2v) is 15.8. The highest BCUT2D eigenvalue weighted by atomic mass is 16.5. The lowest BCUT2D eigenvalue weighted by Crippen LogP contribution is -2.46. The van der Waals surface area contributed by atoms with E-state index < -0.39 is 18.2 Å². The van der Waals surface area contributed by atoms with Crippen LogP contribution in [-0.4, -0.2) is 46.9 Å². The Morgan fingerprint density at radius 1 is 0.534 bits per heavy atom. The van der Waals surface area contributed by atoms with Gasteiger partial charge in [-0.05, 0) is 77.0 Å². The summed E-state index contributed by atoms with van der Waals surface area (Å²) in [6, 6.07) is -0.722. The van der Waals surface area contributed by atoms with Crippen LogP contribution in [0.5, 0.6) is 0 Å². The molecular weight excluding hydrogens is 719 g/mol. The van der Waals surface area contributed by atoms with Crippen LogP contribution in [0, 0.1) is 0 Å². The highest BCUT2D eigenvalue weighted by Crippen LogP contribution is 2.17. The number of hydrogen-bond donors (Lipinski definition) is 3. The largest absolute Gasteiger partial charge is 0.462 e. The Hall–Kier alpha value is -2.96. The minimum Gasteiger partial charge on any atom is -0.462 e. The topological polar surface area (TPSA) is 95.9 Å². The Bertz CT molecular complexity index is 1130. The Morgan fingerprint density at radius 3 is 1.64 bits per heavy atom. The molecule has 3 N–H and O–H groups in total. The zero-order valence-corrected chi connectivity index (χ0v) is 37.6. The Morgan fingerprint density at radius 2 is 1.02 bits per heavy atom. The fourth-order valence-corrected chi connectivity index (χ4v) is 6.75. The number of nitrogens with one attached hydrogen (secondary N) is 1. The van der Waals surface area contributed by atoms with Crippen LogP contribution < -0.4 is 5.32 Å². The fourth-order valence-electron chi connectivity index (χ4n) is 6.75. The minimum absolute atomic E-state index is 0.0379. The molecule has 0 heterocycles. The lowest BCUT2D eigenvalue weighted by Gasteiger charge is -2.24. The summed E-state index contributed by atoms with van der Waals surface area (Å²) in [6.45, 7) is 6.19. The summed E-state index contributed by atoms with van der Waals surface area (Å²) < 4.78 is 5.89. The van der Waals surface area contributed by atoms with Crippen molar-refractivity contribution in [2.45, 2.75) is 225 Å². The van der Waals surface area contributed by atoms with Crippen LogP contribution in [0.15, 0.2) is 85.1 Å². The molecule has 332 valence electrons. The van der Waals surface area contributed by atoms with Crippen molar-refractivity contribution in [1.29, 1.82) is 0 Å². The van der Waals surface area contributed by atoms with Crippen molar-refractivity contribution in [3.8, 4) is 0 Å². The molecule has 6 nitrogen and oxygen atoms in total. The molecule has 0 aromatic rings. The monoisotopic (exact) mass is 808 g/mol. The molecule has 0 aliphatic rings. The molecular formula is C52H89NO5. The molecule has 0 spiro atoms. The number of aliphatic hydroxyl groups excluding tert-OH is 2. The van der Waals surface area contributed by atoms with E-state index in [0.717, 1.165) is 103 Å². The second-order valence-electron chi connectivity index (χ2n) is 15.8. The number of ether oxygens (including phenoxy) is 1. The molecule has 0 saturated heterocycles. The van der Waals surface area contributed by atoms with Crippen LogP contribution in [0.1, 0.15) is 207 Å². The number of allylic oxidation sites excluding steroid dienone is 14. The molecule has 0 saturated carbocycles. The van der Waals surface area contributed by atoms with Crippen molar-refractivity contribution >= 4 is 11.9 Å². The standard InChI is InChI=1S/C52H89NO5/c1-4-7-10-13-16-19-22-25-27-30-33-36-39-42-45-52(57)58-48(43-40-37-34-31-28-26-23-20-17-14-11-8-5-2)46-51(56)53-49(47-54)50(55)44-41-38-35-32-29-24-21-18-15-12-9-6-3/h7-8,10-11,14,16-17,19-20,23,25-28,48-50,54-55H,4-6,9,12-13,15,18,21-22,24,29-47H2,1-3H3,(H,53,56)/b10-7+,11-8+,17-14+,19-16+,23-20+,27-25+,28-26-. The fraction of sp³-hybridized carbons (Fsp3) is 0.692. The number of esters is 1. The summed E-state index contributed by atoms with van der Waals surface area (Å²) in [6.07, 6.45) is 57.8. The van der Waals surface area contributed by atoms with Gasteiger partial charge in [0.15, 0.2) is 0 Å². The van der Waals surface area contributed by atoms with Gasteiger partial charge in [-0.15, -0.1) is 0 Å². The SMILES string of the molecule is CC/C=C/C=C/C=C/C=C\CCCCCC(CC(=O)NC(CO)C(O)CCCCCCCCCCCCCC)OC(=O)CCCCCC/C=C/C/C=C/C/C=C/CC. The van der Waals surface area contributed by atoms with E-state index in [1.165, 1.54) is 57.8 Å². The summed E-state index contributed by atoms with van der Waals surface area (Å²) in [5, 5.41) is 23.7. The Balaban J connectivity index is 4.71. The first-order chi connectivity index (χ1) is 28.5. The molecule has 3 unspecified atom stereocenters. The number of amides is 1. The minimum atomic E-state index is -0.805. The number of aliphatic hydroxyl groups is 2. The summed E-state index contributed by atoms with van der Waals surface area (Å²) in [4.78, 5) is 26.0. The van der Waals surface area contributed by atoms with Crippen molar-refractivity contribution in [3.05, 3.63) is 85.1 Å². The second kappa shape index (κ2) is 45.1. The van der Waals surface area contributed by atoms with Gasteiger partial charge >= 0.3 is 5.97 Å². The van der Waals surface area contributed by atoms with Gasteiger partial charge in [0.25, 0.3) is 0 Å². The van der Waals surface area contributed by atoms with Crippen molar-refractivity contribution in [2.24, 2.45) is 0 Å². The van der Waals surface area contributed by atoms with Crippen LogP contribution in [0.3, 0.4) is 0 Å². The Kier molecular flexibility index (Phi) is 42.8. The van der Waals surface area contributed by atoms with Crippen molar-refractivity contribution in [3.63, 3.8) is 0 Å². The molecule has 0 fully saturated rings. The highest BCUT2D eigenvalue weighted by Gasteiger charge is 2.24. The Labute approximate surface area is 357 Å². The van der Waals surface area contributed by atoms with Gasteiger partial charge in [-0.25, -0.2) is 0 Å². The van der Waals surface area contributed by atoms with Crippen LogP contribution >= 0.6 is 0 Å². The molecule has 3 atom stereocenters. The average molecular weight is 808 g/mol. The van der Waals surface area contributed by atoms with Crippen LogP contribution in [0.4, 0.5) is 0 Å². The highest BCUT2D eigenvalue weighted by molar-refractivity contribution is 5.77. The smallest absolute Gasteiger partial charge is 0.306 e. The third-order valence-corrected chi connectivity index (χ3v) is 10.3. The zero-order chi connectivity index (χ0) is 42.4. The van der Waals surface area contributed by atoms with Crippen molar-refractivity contribution in [2.75, 3.05) is 6.61 Å². The van der Waals surface area contributed by atoms with E-state index in [1.54, 1.807) is 0 Å². The summed E-state index contributed by atoms with van der Waals surface area (Å²) >= 11 is 0. The van der Waals surface area contributed by atoms with Crippen molar-refractivity contribution < 1.29 is 24.5 Å². The number of carbonyl (C=O) groups excluding carboxylic acids is 2. The van der Waals surface area contributed by atoms with Gasteiger partial charge in [-0.2, -0.15) is 0 Å². The molecule has 1 amide bonds. The van der Waals surface area contributed by atoms with Crippen LogP contribution in [-0.2, 0) is 14.3 Å². The first-order valence-corrected chi connectivity index (χ1v) is 23.9. The van der Waals surface area contributed by atoms with Gasteiger partial charge in [0.2, 0.25) is 5.91 Å². The van der Waals surface area contributed by atoms with Gasteiger partial charge in [-0.3, -0.25) is 9.59 Å². The third kappa shape index (κ3) is 39.8. The van der Waals surface area contributed by atoms with Crippen LogP contribution in [0.2, 0.25) is 0 Å². The lowest BCUT2D eigenvalue weighted by atomic mass is 10.0. The van der Waals surface area contributed by atoms with E-state index in [0.29, 0.717) is 19.3 Å². The van der Waals surface area contributed by atoms with Gasteiger partial charge in [-0.1, -0.05) is 202 Å². The molecule has 6 heteroatoms. The van der Waals surface area contributed by atoms with Gasteiger partial charge < -0.3 is 20.3 Å². The van der Waals surface area contributed by atoms with E-state index in [4.69, 9.17) is 4.74 Å². The molecule has 0 aliphatic carbocycles. The van der Waals surface area contributed by atoms with Gasteiger partial charge in [0.1, 0.15) is 6.10 Å². The molecule has 0 radical (unpaired) electrons. The van der Waals surface area contributed by atoms with E-state index >= 15 is 0 Å². The number of hydrogen-bond acceptors (Lipinski definition) is 5. The molecule has 0 rings (SSSR count). The van der Waals surface area contributed by atoms with E-state index in [2.05, 4.69) is 80.8 Å². The number of unbranched alkanes of at least 4 members (excludes halogenated alkanes) is 18. The van der Waals surface area contributed by atoms with Gasteiger partial charge in [0.05, 0.1) is 25.2 Å². The summed E-state index contributed by atoms with van der Waals surface area (Å²) in [5.74, 6) is -0.547. The number of rotatable bonds is 41. The third-order valence-electron chi connectivity index (χ3n) is 10.3. The normalized spacial score (nSPS) is 14.1. The van der Waals surface area contributed by atoms with Crippen molar-refractivity contribution in [1.82, 2.24) is 5.32 Å². The summed E-state index contributed by atoms with van der Waals surface area (Å²) in [5.41, 5.74) is 0. The first kappa shape index (κ1) is 55.0. The average Bonchev–Trinajstić information content (AvgIpc) is 3.22. The predicted octanol–water partition coefficient (Wildman–Crippen LogP) is 14.0. The lowest BCUT2D eigenvalue weighted by molar-refractivity contribution is -0.151. The van der Waals surface area contributed by atoms with E-state index in [-0.39, 0.29) is 24.9 Å². The quantitative estimate of drug-likeness (QED) is 0.0247. The first-order valence-electron chi connectivity index (χ1n) is 23.9. The molecule has 0 aliphatic heterocycles. The van der Waals surface area contributed by atoms with E-state index in [1.807, 2.05) is 30.4 Å². The zero-order valence-electron chi connectivity index (χ0n) is 37.6.